The number of nitrogens with one attached hydrogen (secondary N) is 1. The monoisotopic (exact) mass is 485 g/mol. The molecule has 0 amide bonds. The minimum Gasteiger partial charge on any atom is -0.475 e. The van der Waals surface area contributed by atoms with Gasteiger partial charge in [0.1, 0.15) is 0 Å². The number of halogens is 3. The number of rotatable bonds is 4. The molecule has 1 spiro atoms. The molecule has 1 unspecified atom stereocenters. The van der Waals surface area contributed by atoms with Crippen LogP contribution in [0.3, 0.4) is 0 Å². The van der Waals surface area contributed by atoms with Crippen molar-refractivity contribution >= 4 is 21.7 Å². The van der Waals surface area contributed by atoms with E-state index in [-0.39, 0.29) is 17.2 Å². The Balaban J connectivity index is 0.000000383. The highest BCUT2D eigenvalue weighted by atomic mass is 32.2. The molecule has 1 aliphatic heterocycles. The third-order valence-electron chi connectivity index (χ3n) is 6.18. The first-order chi connectivity index (χ1) is 15.5. The highest BCUT2D eigenvalue weighted by Gasteiger charge is 2.46. The summed E-state index contributed by atoms with van der Waals surface area (Å²) in [5, 5.41) is 7.12. The fourth-order valence-electron chi connectivity index (χ4n) is 4.51. The summed E-state index contributed by atoms with van der Waals surface area (Å²) in [5.41, 5.74) is 3.71. The van der Waals surface area contributed by atoms with Gasteiger partial charge in [-0.05, 0) is 49.4 Å². The lowest BCUT2D eigenvalue weighted by molar-refractivity contribution is -0.192. The number of anilines is 1. The molecule has 1 fully saturated rings. The van der Waals surface area contributed by atoms with Crippen LogP contribution in [0.1, 0.15) is 43.4 Å². The van der Waals surface area contributed by atoms with Crippen LogP contribution in [0.15, 0.2) is 48.8 Å². The summed E-state index contributed by atoms with van der Waals surface area (Å²) in [6, 6.07) is 12.3. The van der Waals surface area contributed by atoms with E-state index < -0.39 is 22.2 Å². The first kappa shape index (κ1) is 25.0. The summed E-state index contributed by atoms with van der Waals surface area (Å²) in [7, 11) is -3.22. The number of fused-ring (bicyclic) bond motifs is 2. The van der Waals surface area contributed by atoms with Crippen LogP contribution in [0.2, 0.25) is 0 Å². The normalized spacial score (nSPS) is 19.5. The Kier molecular flexibility index (Phi) is 7.32. The van der Waals surface area contributed by atoms with E-state index in [1.165, 1.54) is 5.56 Å². The molecule has 2 N–H and O–H groups in total. The van der Waals surface area contributed by atoms with E-state index in [1.807, 2.05) is 18.3 Å². The minimum atomic E-state index is -5.08. The number of aliphatic carboxylic acids is 1. The molecule has 180 valence electrons. The van der Waals surface area contributed by atoms with E-state index in [1.54, 1.807) is 13.1 Å². The average molecular weight is 486 g/mol. The fourth-order valence-corrected chi connectivity index (χ4v) is 5.32. The number of carbonyl (C=O) groups is 1. The van der Waals surface area contributed by atoms with Gasteiger partial charge in [-0.25, -0.2) is 17.9 Å². The number of carboxylic acids is 1. The molecule has 1 aromatic heterocycles. The van der Waals surface area contributed by atoms with Crippen molar-refractivity contribution in [3.63, 3.8) is 0 Å². The Labute approximate surface area is 190 Å². The molecule has 11 heteroatoms. The fraction of sp³-hybridized carbons (Fsp3) is 0.455. The van der Waals surface area contributed by atoms with Crippen LogP contribution < -0.4 is 9.62 Å². The van der Waals surface area contributed by atoms with Crippen molar-refractivity contribution < 1.29 is 31.5 Å². The Morgan fingerprint density at radius 2 is 1.85 bits per heavy atom. The maximum absolute atomic E-state index is 12.1. The number of carboxylic acid groups (broad SMARTS) is 1. The van der Waals surface area contributed by atoms with Crippen LogP contribution in [0.4, 0.5) is 18.9 Å². The van der Waals surface area contributed by atoms with Crippen LogP contribution in [0, 0.1) is 0 Å². The summed E-state index contributed by atoms with van der Waals surface area (Å²) < 4.78 is 59.0. The second kappa shape index (κ2) is 9.68. The third kappa shape index (κ3) is 5.83. The van der Waals surface area contributed by atoms with E-state index in [2.05, 4.69) is 38.9 Å². The number of hydrogen-bond acceptors (Lipinski definition) is 5. The van der Waals surface area contributed by atoms with Gasteiger partial charge in [-0.15, -0.1) is 0 Å². The molecule has 1 saturated heterocycles. The topological polar surface area (TPSA) is 99.6 Å². The van der Waals surface area contributed by atoms with Crippen LogP contribution in [0.5, 0.6) is 0 Å². The van der Waals surface area contributed by atoms with Gasteiger partial charge in [0.15, 0.2) is 0 Å². The second-order valence-corrected chi connectivity index (χ2v) is 10.2. The number of hydrogen-bond donors (Lipinski definition) is 2. The van der Waals surface area contributed by atoms with Crippen LogP contribution in [-0.4, -0.2) is 49.5 Å². The molecule has 0 radical (unpaired) electrons. The molecule has 33 heavy (non-hydrogen) atoms. The van der Waals surface area contributed by atoms with Gasteiger partial charge in [0.2, 0.25) is 10.0 Å². The van der Waals surface area contributed by atoms with Crippen LogP contribution in [-0.2, 0) is 20.2 Å². The van der Waals surface area contributed by atoms with E-state index in [0.29, 0.717) is 0 Å². The summed E-state index contributed by atoms with van der Waals surface area (Å²) in [6.07, 6.45) is 1.55. The van der Waals surface area contributed by atoms with E-state index in [4.69, 9.17) is 9.90 Å². The van der Waals surface area contributed by atoms with Crippen molar-refractivity contribution in [3.8, 4) is 0 Å². The Bertz CT molecular complexity index is 1070. The van der Waals surface area contributed by atoms with Gasteiger partial charge in [-0.1, -0.05) is 24.3 Å². The number of benzene rings is 1. The minimum absolute atomic E-state index is 0.0657. The summed E-state index contributed by atoms with van der Waals surface area (Å²) in [4.78, 5) is 15.5. The molecule has 0 saturated carbocycles. The zero-order valence-corrected chi connectivity index (χ0v) is 18.9. The molecule has 1 atom stereocenters. The predicted molar refractivity (Wildman–Crippen MR) is 117 cm³/mol. The Hall–Kier alpha value is -2.66. The van der Waals surface area contributed by atoms with Crippen LogP contribution in [0.25, 0.3) is 0 Å². The van der Waals surface area contributed by atoms with E-state index >= 15 is 0 Å². The number of sulfonamides is 1. The number of alkyl halides is 3. The summed E-state index contributed by atoms with van der Waals surface area (Å²) in [6.45, 7) is 3.62. The second-order valence-electron chi connectivity index (χ2n) is 8.15. The summed E-state index contributed by atoms with van der Waals surface area (Å²) >= 11 is 0. The molecule has 1 aliphatic carbocycles. The molecule has 2 aliphatic rings. The SMILES string of the molecule is CCS(=O)(=O)NC1CC2(CCN(c3cccnc3)CC2)c2ccccc21.O=C(O)C(F)(F)F. The molecular formula is C22H26F3N3O4S. The zero-order chi connectivity index (χ0) is 24.3. The highest BCUT2D eigenvalue weighted by molar-refractivity contribution is 7.89. The first-order valence-electron chi connectivity index (χ1n) is 10.5. The number of nitrogens with zero attached hydrogens (tertiary/aromatic N) is 2. The van der Waals surface area contributed by atoms with Crippen molar-refractivity contribution in [1.82, 2.24) is 9.71 Å². The van der Waals surface area contributed by atoms with Gasteiger partial charge in [-0.3, -0.25) is 4.98 Å². The molecule has 2 heterocycles. The average Bonchev–Trinajstić information content (AvgIpc) is 3.07. The standard InChI is InChI=1S/C20H25N3O2S.C2HF3O2/c1-2-26(24,25)22-19-14-20(18-8-4-3-7-17(18)19)9-12-23(13-10-20)16-6-5-11-21-15-16;3-2(4,5)1(6)7/h3-8,11,15,19,22H,2,9-10,12-14H2,1H3;(H,6,7). The third-order valence-corrected chi connectivity index (χ3v) is 7.58. The lowest BCUT2D eigenvalue weighted by atomic mass is 9.73. The van der Waals surface area contributed by atoms with Crippen molar-refractivity contribution in [3.05, 3.63) is 59.9 Å². The van der Waals surface area contributed by atoms with E-state index in [0.717, 1.165) is 43.6 Å². The maximum atomic E-state index is 12.1. The lowest BCUT2D eigenvalue weighted by Crippen LogP contribution is -2.42. The molecule has 1 aromatic carbocycles. The smallest absolute Gasteiger partial charge is 0.475 e. The van der Waals surface area contributed by atoms with Gasteiger partial charge in [-0.2, -0.15) is 13.2 Å². The maximum Gasteiger partial charge on any atom is 0.490 e. The van der Waals surface area contributed by atoms with Crippen LogP contribution >= 0.6 is 0 Å². The van der Waals surface area contributed by atoms with Gasteiger partial charge < -0.3 is 10.0 Å². The Morgan fingerprint density at radius 1 is 1.21 bits per heavy atom. The van der Waals surface area contributed by atoms with Crippen molar-refractivity contribution in [2.45, 2.75) is 43.8 Å². The molecular weight excluding hydrogens is 459 g/mol. The van der Waals surface area contributed by atoms with Crippen molar-refractivity contribution in [1.29, 1.82) is 0 Å². The Morgan fingerprint density at radius 3 is 2.39 bits per heavy atom. The predicted octanol–water partition coefficient (Wildman–Crippen LogP) is 3.64. The highest BCUT2D eigenvalue weighted by Crippen LogP contribution is 2.51. The van der Waals surface area contributed by atoms with Gasteiger partial charge in [0.05, 0.1) is 17.6 Å². The largest absolute Gasteiger partial charge is 0.490 e. The van der Waals surface area contributed by atoms with Gasteiger partial charge in [0.25, 0.3) is 0 Å². The van der Waals surface area contributed by atoms with E-state index in [9.17, 15) is 21.6 Å². The quantitative estimate of drug-likeness (QED) is 0.686. The first-order valence-corrected chi connectivity index (χ1v) is 12.2. The molecule has 7 nitrogen and oxygen atoms in total. The number of piperidine rings is 1. The number of pyridine rings is 1. The molecule has 2 aromatic rings. The molecule has 0 bridgehead atoms. The van der Waals surface area contributed by atoms with Crippen molar-refractivity contribution in [2.75, 3.05) is 23.7 Å². The van der Waals surface area contributed by atoms with Gasteiger partial charge in [0, 0.05) is 30.7 Å². The van der Waals surface area contributed by atoms with Gasteiger partial charge >= 0.3 is 12.1 Å². The zero-order valence-electron chi connectivity index (χ0n) is 18.0. The molecule has 4 rings (SSSR count). The summed E-state index contributed by atoms with van der Waals surface area (Å²) in [5.74, 6) is -2.64. The number of aromatic nitrogens is 1. The van der Waals surface area contributed by atoms with Crippen molar-refractivity contribution in [2.24, 2.45) is 0 Å². The lowest BCUT2D eigenvalue weighted by Gasteiger charge is -2.41.